The van der Waals surface area contributed by atoms with Crippen LogP contribution in [-0.2, 0) is 12.2 Å². The molecule has 1 saturated heterocycles. The standard InChI is InChI=1S/C18H21NO2/c1-14-11-18(20,13-19-14)16-7-9-17(10-8-16)21-12-15-5-3-2-4-6-15/h2-10,14,19-20H,11-13H2,1H3. The van der Waals surface area contributed by atoms with Crippen molar-refractivity contribution in [2.45, 2.75) is 31.6 Å². The molecule has 0 aromatic heterocycles. The Morgan fingerprint density at radius 2 is 1.86 bits per heavy atom. The van der Waals surface area contributed by atoms with Gasteiger partial charge in [0.2, 0.25) is 0 Å². The number of aliphatic hydroxyl groups is 1. The number of β-amino-alcohol motifs (C(OH)–C–C–N with tert-alkyl or cyclic N) is 1. The van der Waals surface area contributed by atoms with Gasteiger partial charge in [-0.1, -0.05) is 42.5 Å². The molecule has 2 aromatic rings. The SMILES string of the molecule is CC1CC(O)(c2ccc(OCc3ccccc3)cc2)CN1. The van der Waals surface area contributed by atoms with E-state index in [1.54, 1.807) is 0 Å². The number of benzene rings is 2. The maximum Gasteiger partial charge on any atom is 0.119 e. The summed E-state index contributed by atoms with van der Waals surface area (Å²) in [5, 5.41) is 13.9. The summed E-state index contributed by atoms with van der Waals surface area (Å²) in [6.45, 7) is 3.26. The van der Waals surface area contributed by atoms with Gasteiger partial charge >= 0.3 is 0 Å². The maximum atomic E-state index is 10.6. The molecule has 2 unspecified atom stereocenters. The van der Waals surface area contributed by atoms with Crippen molar-refractivity contribution in [3.63, 3.8) is 0 Å². The minimum atomic E-state index is -0.753. The third-order valence-electron chi connectivity index (χ3n) is 4.03. The molecule has 1 aliphatic rings. The first-order valence-electron chi connectivity index (χ1n) is 7.39. The Hall–Kier alpha value is -1.84. The fraction of sp³-hybridized carbons (Fsp3) is 0.333. The number of nitrogens with one attached hydrogen (secondary N) is 1. The quantitative estimate of drug-likeness (QED) is 0.906. The minimum Gasteiger partial charge on any atom is -0.489 e. The molecule has 0 bridgehead atoms. The lowest BCUT2D eigenvalue weighted by Gasteiger charge is -2.22. The van der Waals surface area contributed by atoms with Gasteiger partial charge in [-0.3, -0.25) is 0 Å². The summed E-state index contributed by atoms with van der Waals surface area (Å²) in [5.41, 5.74) is 1.35. The molecule has 3 heteroatoms. The average molecular weight is 283 g/mol. The Balaban J connectivity index is 1.64. The first-order valence-corrected chi connectivity index (χ1v) is 7.39. The molecule has 110 valence electrons. The zero-order chi connectivity index (χ0) is 14.7. The summed E-state index contributed by atoms with van der Waals surface area (Å²) in [7, 11) is 0. The first kappa shape index (κ1) is 14.1. The second-order valence-corrected chi connectivity index (χ2v) is 5.82. The van der Waals surface area contributed by atoms with Gasteiger partial charge in [-0.25, -0.2) is 0 Å². The van der Waals surface area contributed by atoms with Crippen LogP contribution in [-0.4, -0.2) is 17.7 Å². The second-order valence-electron chi connectivity index (χ2n) is 5.82. The zero-order valence-corrected chi connectivity index (χ0v) is 12.3. The normalized spacial score (nSPS) is 25.0. The molecule has 2 aromatic carbocycles. The highest BCUT2D eigenvalue weighted by Crippen LogP contribution is 2.31. The number of ether oxygens (including phenoxy) is 1. The summed E-state index contributed by atoms with van der Waals surface area (Å²) in [4.78, 5) is 0. The highest BCUT2D eigenvalue weighted by atomic mass is 16.5. The second kappa shape index (κ2) is 5.88. The van der Waals surface area contributed by atoms with Crippen LogP contribution in [0.25, 0.3) is 0 Å². The number of rotatable bonds is 4. The summed E-state index contributed by atoms with van der Waals surface area (Å²) in [6, 6.07) is 18.2. The van der Waals surface area contributed by atoms with E-state index in [9.17, 15) is 5.11 Å². The van der Waals surface area contributed by atoms with Gasteiger partial charge in [0.1, 0.15) is 18.0 Å². The van der Waals surface area contributed by atoms with E-state index in [1.807, 2.05) is 54.6 Å². The van der Waals surface area contributed by atoms with E-state index in [0.29, 0.717) is 19.2 Å². The molecule has 1 heterocycles. The van der Waals surface area contributed by atoms with Crippen molar-refractivity contribution < 1.29 is 9.84 Å². The monoisotopic (exact) mass is 283 g/mol. The third kappa shape index (κ3) is 3.26. The van der Waals surface area contributed by atoms with Crippen molar-refractivity contribution in [3.8, 4) is 5.75 Å². The van der Waals surface area contributed by atoms with E-state index < -0.39 is 5.60 Å². The molecule has 0 aliphatic carbocycles. The molecular formula is C18H21NO2. The number of hydrogen-bond donors (Lipinski definition) is 2. The Morgan fingerprint density at radius 1 is 1.14 bits per heavy atom. The molecule has 21 heavy (non-hydrogen) atoms. The summed E-state index contributed by atoms with van der Waals surface area (Å²) < 4.78 is 5.77. The lowest BCUT2D eigenvalue weighted by atomic mass is 9.91. The lowest BCUT2D eigenvalue weighted by Crippen LogP contribution is -2.28. The third-order valence-corrected chi connectivity index (χ3v) is 4.03. The van der Waals surface area contributed by atoms with Gasteiger partial charge in [0.05, 0.1) is 0 Å². The molecule has 0 amide bonds. The van der Waals surface area contributed by atoms with Crippen LogP contribution < -0.4 is 10.1 Å². The fourth-order valence-corrected chi connectivity index (χ4v) is 2.82. The topological polar surface area (TPSA) is 41.5 Å². The van der Waals surface area contributed by atoms with Gasteiger partial charge in [-0.05, 0) is 36.6 Å². The van der Waals surface area contributed by atoms with E-state index in [-0.39, 0.29) is 0 Å². The molecule has 0 spiro atoms. The summed E-state index contributed by atoms with van der Waals surface area (Å²) in [5.74, 6) is 0.824. The largest absolute Gasteiger partial charge is 0.489 e. The van der Waals surface area contributed by atoms with Crippen molar-refractivity contribution in [1.82, 2.24) is 5.32 Å². The Kier molecular flexibility index (Phi) is 3.95. The van der Waals surface area contributed by atoms with Crippen LogP contribution in [0.5, 0.6) is 5.75 Å². The van der Waals surface area contributed by atoms with Gasteiger partial charge in [0.25, 0.3) is 0 Å². The molecule has 0 saturated carbocycles. The van der Waals surface area contributed by atoms with E-state index in [2.05, 4.69) is 12.2 Å². The van der Waals surface area contributed by atoms with Crippen LogP contribution in [0.2, 0.25) is 0 Å². The van der Waals surface area contributed by atoms with Gasteiger partial charge in [-0.2, -0.15) is 0 Å². The fourth-order valence-electron chi connectivity index (χ4n) is 2.82. The van der Waals surface area contributed by atoms with Crippen molar-refractivity contribution in [1.29, 1.82) is 0 Å². The van der Waals surface area contributed by atoms with Gasteiger partial charge in [0.15, 0.2) is 0 Å². The predicted octanol–water partition coefficient (Wildman–Crippen LogP) is 2.84. The first-order chi connectivity index (χ1) is 10.2. The van der Waals surface area contributed by atoms with Crippen molar-refractivity contribution >= 4 is 0 Å². The lowest BCUT2D eigenvalue weighted by molar-refractivity contribution is 0.0564. The summed E-state index contributed by atoms with van der Waals surface area (Å²) in [6.07, 6.45) is 0.747. The molecule has 0 radical (unpaired) electrons. The number of hydrogen-bond acceptors (Lipinski definition) is 3. The van der Waals surface area contributed by atoms with Crippen LogP contribution in [0.4, 0.5) is 0 Å². The van der Waals surface area contributed by atoms with E-state index in [1.165, 1.54) is 0 Å². The zero-order valence-electron chi connectivity index (χ0n) is 12.3. The van der Waals surface area contributed by atoms with Crippen LogP contribution in [0.15, 0.2) is 54.6 Å². The van der Waals surface area contributed by atoms with Crippen LogP contribution in [0.3, 0.4) is 0 Å². The highest BCUT2D eigenvalue weighted by molar-refractivity contribution is 5.32. The van der Waals surface area contributed by atoms with E-state index >= 15 is 0 Å². The molecule has 3 rings (SSSR count). The Bertz CT molecular complexity index is 582. The molecular weight excluding hydrogens is 262 g/mol. The molecule has 1 fully saturated rings. The van der Waals surface area contributed by atoms with Crippen LogP contribution in [0, 0.1) is 0 Å². The molecule has 2 N–H and O–H groups in total. The average Bonchev–Trinajstić information content (AvgIpc) is 2.87. The minimum absolute atomic E-state index is 0.351. The summed E-state index contributed by atoms with van der Waals surface area (Å²) >= 11 is 0. The van der Waals surface area contributed by atoms with E-state index in [0.717, 1.165) is 23.3 Å². The van der Waals surface area contributed by atoms with Gasteiger partial charge < -0.3 is 15.2 Å². The smallest absolute Gasteiger partial charge is 0.119 e. The Labute approximate surface area is 125 Å². The van der Waals surface area contributed by atoms with Crippen molar-refractivity contribution in [2.75, 3.05) is 6.54 Å². The van der Waals surface area contributed by atoms with Crippen molar-refractivity contribution in [2.24, 2.45) is 0 Å². The molecule has 3 nitrogen and oxygen atoms in total. The van der Waals surface area contributed by atoms with Gasteiger partial charge in [0, 0.05) is 12.6 Å². The maximum absolute atomic E-state index is 10.6. The van der Waals surface area contributed by atoms with Crippen LogP contribution in [0.1, 0.15) is 24.5 Å². The predicted molar refractivity (Wildman–Crippen MR) is 83.2 cm³/mol. The molecule has 1 aliphatic heterocycles. The van der Waals surface area contributed by atoms with Crippen LogP contribution >= 0.6 is 0 Å². The van der Waals surface area contributed by atoms with Crippen molar-refractivity contribution in [3.05, 3.63) is 65.7 Å². The Morgan fingerprint density at radius 3 is 2.48 bits per heavy atom. The van der Waals surface area contributed by atoms with Gasteiger partial charge in [-0.15, -0.1) is 0 Å². The molecule has 2 atom stereocenters. The van der Waals surface area contributed by atoms with E-state index in [4.69, 9.17) is 4.74 Å². The highest BCUT2D eigenvalue weighted by Gasteiger charge is 2.36.